The van der Waals surface area contributed by atoms with Gasteiger partial charge in [-0.15, -0.1) is 0 Å². The molecule has 0 fully saturated rings. The van der Waals surface area contributed by atoms with Gasteiger partial charge in [0.05, 0.1) is 16.2 Å². The third-order valence-electron chi connectivity index (χ3n) is 9.99. The highest BCUT2D eigenvalue weighted by atomic mass is 35.5. The molecule has 4 aromatic carbocycles. The molecule has 0 bridgehead atoms. The van der Waals surface area contributed by atoms with Crippen LogP contribution < -0.4 is 0 Å². The zero-order chi connectivity index (χ0) is 42.0. The largest absolute Gasteiger partial charge is 0.417 e. The van der Waals surface area contributed by atoms with E-state index in [0.717, 1.165) is 34.9 Å². The Hall–Kier alpha value is -3.21. The summed E-state index contributed by atoms with van der Waals surface area (Å²) >= 11 is 17.7. The van der Waals surface area contributed by atoms with E-state index in [2.05, 4.69) is 11.8 Å². The summed E-state index contributed by atoms with van der Waals surface area (Å²) in [6.45, 7) is 8.76. The Balaban J connectivity index is 0.000000301. The van der Waals surface area contributed by atoms with E-state index in [9.17, 15) is 27.8 Å². The number of aryl methyl sites for hydroxylation is 1. The van der Waals surface area contributed by atoms with Gasteiger partial charge < -0.3 is 20.0 Å². The minimum absolute atomic E-state index is 0.0182. The van der Waals surface area contributed by atoms with Crippen molar-refractivity contribution in [3.63, 3.8) is 0 Å². The predicted octanol–water partition coefficient (Wildman–Crippen LogP) is 11.9. The lowest BCUT2D eigenvalue weighted by molar-refractivity contribution is -0.137. The molecule has 0 heterocycles. The van der Waals surface area contributed by atoms with Gasteiger partial charge in [-0.05, 0) is 137 Å². The van der Waals surface area contributed by atoms with Gasteiger partial charge in [-0.1, -0.05) is 103 Å². The number of benzene rings is 4. The molecule has 0 saturated heterocycles. The maximum Gasteiger partial charge on any atom is 0.417 e. The van der Waals surface area contributed by atoms with Gasteiger partial charge >= 0.3 is 6.18 Å². The minimum atomic E-state index is -4.62. The quantitative estimate of drug-likeness (QED) is 0.124. The average Bonchev–Trinajstić information content (AvgIpc) is 3.11. The molecule has 0 amide bonds. The first-order valence-electron chi connectivity index (χ1n) is 18.3. The fourth-order valence-corrected chi connectivity index (χ4v) is 7.45. The molecule has 4 atom stereocenters. The third-order valence-corrected chi connectivity index (χ3v) is 10.8. The Kier molecular flexibility index (Phi) is 17.2. The standard InChI is InChI=1S/C23H29ClFNO.C22H24Cl2F3NO/c1-17(14-20-8-10-21(24)11-9-20)23(27,18(2)16-26(3)4)13-12-19-6-5-7-22(25)15-19;1-14(11-16-5-8-18(23)9-6-16)21(29,15(2)13-28(3)4)17-7-10-20(24)19(12-17)22(25,26)27/h5-11,14-15,18,27H,12-13,16H2,1-4H3;5-12,15,29H,13H2,1-4H3. The Morgan fingerprint density at radius 2 is 1.20 bits per heavy atom. The summed E-state index contributed by atoms with van der Waals surface area (Å²) in [5.74, 6) is -0.626. The van der Waals surface area contributed by atoms with Crippen LogP contribution in [-0.4, -0.2) is 66.9 Å². The van der Waals surface area contributed by atoms with Crippen molar-refractivity contribution in [1.29, 1.82) is 0 Å². The van der Waals surface area contributed by atoms with Gasteiger partial charge in [0.25, 0.3) is 0 Å². The van der Waals surface area contributed by atoms with Crippen LogP contribution in [0.25, 0.3) is 12.2 Å². The maximum atomic E-state index is 13.5. The van der Waals surface area contributed by atoms with Gasteiger partial charge in [0.15, 0.2) is 0 Å². The second-order valence-electron chi connectivity index (χ2n) is 15.1. The van der Waals surface area contributed by atoms with Gasteiger partial charge in [0.1, 0.15) is 11.4 Å². The molecule has 0 aliphatic heterocycles. The molecule has 4 rings (SSSR count). The number of alkyl halides is 3. The van der Waals surface area contributed by atoms with Crippen LogP contribution in [0.3, 0.4) is 0 Å². The normalized spacial score (nSPS) is 15.8. The first kappa shape index (κ1) is 47.2. The molecular weight excluding hydrogens is 783 g/mol. The van der Waals surface area contributed by atoms with Crippen molar-refractivity contribution in [3.05, 3.63) is 151 Å². The molecule has 0 spiro atoms. The maximum absolute atomic E-state index is 13.5. The van der Waals surface area contributed by atoms with Crippen LogP contribution in [0, 0.1) is 17.7 Å². The number of hydrogen-bond acceptors (Lipinski definition) is 4. The molecule has 4 aromatic rings. The summed E-state index contributed by atoms with van der Waals surface area (Å²) in [5.41, 5.74) is 0.651. The lowest BCUT2D eigenvalue weighted by Crippen LogP contribution is -2.43. The first-order valence-corrected chi connectivity index (χ1v) is 19.4. The molecule has 2 N–H and O–H groups in total. The first-order chi connectivity index (χ1) is 26.1. The monoisotopic (exact) mass is 834 g/mol. The zero-order valence-electron chi connectivity index (χ0n) is 33.2. The summed E-state index contributed by atoms with van der Waals surface area (Å²) < 4.78 is 53.7. The topological polar surface area (TPSA) is 46.9 Å². The smallest absolute Gasteiger partial charge is 0.385 e. The molecule has 0 aliphatic rings. The number of nitrogens with zero attached hydrogens (tertiary/aromatic N) is 2. The van der Waals surface area contributed by atoms with E-state index in [-0.39, 0.29) is 17.3 Å². The van der Waals surface area contributed by atoms with Crippen LogP contribution in [0.5, 0.6) is 0 Å². The van der Waals surface area contributed by atoms with Gasteiger partial charge in [0, 0.05) is 35.0 Å². The van der Waals surface area contributed by atoms with Crippen molar-refractivity contribution in [2.24, 2.45) is 11.8 Å². The summed E-state index contributed by atoms with van der Waals surface area (Å²) in [7, 11) is 7.69. The second-order valence-corrected chi connectivity index (χ2v) is 16.4. The lowest BCUT2D eigenvalue weighted by atomic mass is 9.76. The Morgan fingerprint density at radius 1 is 0.696 bits per heavy atom. The van der Waals surface area contributed by atoms with Crippen LogP contribution in [0.1, 0.15) is 61.9 Å². The average molecular weight is 836 g/mol. The summed E-state index contributed by atoms with van der Waals surface area (Å²) in [5, 5.41) is 24.2. The van der Waals surface area contributed by atoms with Crippen molar-refractivity contribution in [3.8, 4) is 0 Å². The summed E-state index contributed by atoms with van der Waals surface area (Å²) in [6, 6.07) is 24.7. The molecule has 4 nitrogen and oxygen atoms in total. The van der Waals surface area contributed by atoms with E-state index in [0.29, 0.717) is 35.0 Å². The summed E-state index contributed by atoms with van der Waals surface area (Å²) in [4.78, 5) is 3.96. The predicted molar refractivity (Wildman–Crippen MR) is 226 cm³/mol. The fraction of sp³-hybridized carbons (Fsp3) is 0.378. The van der Waals surface area contributed by atoms with E-state index < -0.39 is 33.9 Å². The Bertz CT molecular complexity index is 1930. The van der Waals surface area contributed by atoms with Gasteiger partial charge in [0.2, 0.25) is 0 Å². The van der Waals surface area contributed by atoms with E-state index in [4.69, 9.17) is 34.8 Å². The van der Waals surface area contributed by atoms with Crippen molar-refractivity contribution >= 4 is 47.0 Å². The van der Waals surface area contributed by atoms with E-state index in [1.165, 1.54) is 24.3 Å². The highest BCUT2D eigenvalue weighted by Crippen LogP contribution is 2.43. The molecule has 11 heteroatoms. The highest BCUT2D eigenvalue weighted by molar-refractivity contribution is 6.31. The SMILES string of the molecule is CC(=Cc1ccc(Cl)cc1)C(O)(CCc1cccc(F)c1)C(C)CN(C)C.CC(=Cc1ccc(Cl)cc1)C(O)(c1ccc(Cl)c(C(F)(F)F)c1)C(C)CN(C)C. The number of aliphatic hydroxyl groups is 2. The summed E-state index contributed by atoms with van der Waals surface area (Å²) in [6.07, 6.45) is 0.282. The Labute approximate surface area is 345 Å². The molecular formula is C45H53Cl3F4N2O2. The van der Waals surface area contributed by atoms with E-state index in [1.807, 2.05) is 76.4 Å². The molecule has 0 aromatic heterocycles. The molecule has 0 saturated carbocycles. The van der Waals surface area contributed by atoms with Crippen molar-refractivity contribution < 1.29 is 27.8 Å². The van der Waals surface area contributed by atoms with Crippen LogP contribution in [-0.2, 0) is 18.2 Å². The van der Waals surface area contributed by atoms with Gasteiger partial charge in [-0.2, -0.15) is 13.2 Å². The van der Waals surface area contributed by atoms with Crippen LogP contribution >= 0.6 is 34.8 Å². The van der Waals surface area contributed by atoms with Crippen LogP contribution in [0.2, 0.25) is 15.1 Å². The number of halogens is 7. The molecule has 0 radical (unpaired) electrons. The second kappa shape index (κ2) is 20.5. The number of rotatable bonds is 14. The van der Waals surface area contributed by atoms with Crippen molar-refractivity contribution in [2.75, 3.05) is 41.3 Å². The number of hydrogen-bond donors (Lipinski definition) is 2. The molecule has 304 valence electrons. The molecule has 4 unspecified atom stereocenters. The van der Waals surface area contributed by atoms with Crippen LogP contribution in [0.4, 0.5) is 17.6 Å². The highest BCUT2D eigenvalue weighted by Gasteiger charge is 2.41. The van der Waals surface area contributed by atoms with E-state index in [1.54, 1.807) is 50.3 Å². The Morgan fingerprint density at radius 3 is 1.68 bits per heavy atom. The minimum Gasteiger partial charge on any atom is -0.385 e. The lowest BCUT2D eigenvalue weighted by Gasteiger charge is -2.38. The van der Waals surface area contributed by atoms with Gasteiger partial charge in [-0.3, -0.25) is 0 Å². The molecule has 56 heavy (non-hydrogen) atoms. The van der Waals surface area contributed by atoms with E-state index >= 15 is 0 Å². The zero-order valence-corrected chi connectivity index (χ0v) is 35.5. The van der Waals surface area contributed by atoms with Crippen molar-refractivity contribution in [1.82, 2.24) is 9.80 Å². The third kappa shape index (κ3) is 13.2. The van der Waals surface area contributed by atoms with Gasteiger partial charge in [-0.25, -0.2) is 4.39 Å². The van der Waals surface area contributed by atoms with Crippen molar-refractivity contribution in [2.45, 2.75) is 57.9 Å². The van der Waals surface area contributed by atoms with Crippen LogP contribution in [0.15, 0.2) is 102 Å². The molecule has 0 aliphatic carbocycles. The fourth-order valence-electron chi connectivity index (χ4n) is 6.97.